The predicted molar refractivity (Wildman–Crippen MR) is 141 cm³/mol. The number of hydrogen-bond donors (Lipinski definition) is 2. The van der Waals surface area contributed by atoms with E-state index in [2.05, 4.69) is 14.9 Å². The van der Waals surface area contributed by atoms with Gasteiger partial charge in [0.05, 0.1) is 23.3 Å². The molecule has 0 bridgehead atoms. The Morgan fingerprint density at radius 3 is 2.28 bits per heavy atom. The molecule has 0 saturated carbocycles. The molecule has 12 heteroatoms. The van der Waals surface area contributed by atoms with Gasteiger partial charge < -0.3 is 20.0 Å². The Balaban J connectivity index is 1.36. The minimum atomic E-state index is -4.75. The lowest BCUT2D eigenvalue weighted by molar-refractivity contribution is -0.144. The molecule has 3 aromatic rings. The van der Waals surface area contributed by atoms with Gasteiger partial charge in [0.25, 0.3) is 5.91 Å². The second kappa shape index (κ2) is 10.2. The zero-order valence-electron chi connectivity index (χ0n) is 21.5. The molecule has 2 fully saturated rings. The SMILES string of the molecule is CC(C)(O)c1ccc2nc(C(F)(F)F)nc(N3C[C@@H](O)[C@H](N4CCN(C(=O)c5ccc(Cl)cc5)CC4)C3)c2c1. The molecule has 208 valence electrons. The lowest BCUT2D eigenvalue weighted by atomic mass is 9.97. The molecule has 5 rings (SSSR count). The van der Waals surface area contributed by atoms with Crippen molar-refractivity contribution in [1.82, 2.24) is 19.8 Å². The number of amides is 1. The van der Waals surface area contributed by atoms with Crippen molar-refractivity contribution in [2.75, 3.05) is 44.2 Å². The fraction of sp³-hybridized carbons (Fsp3) is 0.444. The molecule has 1 aromatic heterocycles. The third-order valence-electron chi connectivity index (χ3n) is 7.36. The Bertz CT molecular complexity index is 1370. The summed E-state index contributed by atoms with van der Waals surface area (Å²) in [6.45, 7) is 5.44. The topological polar surface area (TPSA) is 93.0 Å². The number of alkyl halides is 3. The smallest absolute Gasteiger partial charge is 0.390 e. The van der Waals surface area contributed by atoms with Crippen LogP contribution in [0.5, 0.6) is 0 Å². The number of aromatic nitrogens is 2. The first-order valence-electron chi connectivity index (χ1n) is 12.6. The van der Waals surface area contributed by atoms with E-state index in [0.717, 1.165) is 0 Å². The molecule has 2 saturated heterocycles. The average molecular weight is 564 g/mol. The number of rotatable bonds is 4. The van der Waals surface area contributed by atoms with Gasteiger partial charge in [0, 0.05) is 55.2 Å². The fourth-order valence-corrected chi connectivity index (χ4v) is 5.32. The molecule has 0 radical (unpaired) electrons. The molecule has 2 aliphatic rings. The summed E-state index contributed by atoms with van der Waals surface area (Å²) in [5.41, 5.74) is -0.0592. The van der Waals surface area contributed by atoms with Crippen LogP contribution in [0.4, 0.5) is 19.0 Å². The van der Waals surface area contributed by atoms with Crippen LogP contribution in [0.1, 0.15) is 35.6 Å². The number of halogens is 4. The van der Waals surface area contributed by atoms with E-state index >= 15 is 0 Å². The number of aliphatic hydroxyl groups is 2. The number of β-amino-alcohol motifs (C(OH)–C–C–N with tert-alkyl or cyclic N) is 1. The highest BCUT2D eigenvalue weighted by molar-refractivity contribution is 6.30. The molecule has 0 aliphatic carbocycles. The van der Waals surface area contributed by atoms with Crippen LogP contribution in [0.3, 0.4) is 0 Å². The molecular weight excluding hydrogens is 535 g/mol. The van der Waals surface area contributed by atoms with Crippen LogP contribution in [0, 0.1) is 0 Å². The van der Waals surface area contributed by atoms with Gasteiger partial charge in [0.15, 0.2) is 0 Å². The highest BCUT2D eigenvalue weighted by atomic mass is 35.5. The van der Waals surface area contributed by atoms with Crippen LogP contribution in [0.15, 0.2) is 42.5 Å². The molecule has 8 nitrogen and oxygen atoms in total. The Kier molecular flexibility index (Phi) is 7.21. The summed E-state index contributed by atoms with van der Waals surface area (Å²) in [7, 11) is 0. The quantitative estimate of drug-likeness (QED) is 0.502. The van der Waals surface area contributed by atoms with Crippen LogP contribution in [-0.4, -0.2) is 87.3 Å². The van der Waals surface area contributed by atoms with Gasteiger partial charge in [-0.1, -0.05) is 17.7 Å². The van der Waals surface area contributed by atoms with Crippen LogP contribution < -0.4 is 4.90 Å². The second-order valence-electron chi connectivity index (χ2n) is 10.5. The molecule has 1 amide bonds. The Hall–Kier alpha value is -2.99. The zero-order valence-corrected chi connectivity index (χ0v) is 22.2. The number of anilines is 1. The van der Waals surface area contributed by atoms with E-state index in [4.69, 9.17) is 11.6 Å². The number of carbonyl (C=O) groups excluding carboxylic acids is 1. The summed E-state index contributed by atoms with van der Waals surface area (Å²) in [6, 6.07) is 10.9. The van der Waals surface area contributed by atoms with Gasteiger partial charge in [-0.2, -0.15) is 13.2 Å². The molecule has 0 unspecified atom stereocenters. The third-order valence-corrected chi connectivity index (χ3v) is 7.61. The van der Waals surface area contributed by atoms with Crippen molar-refractivity contribution in [2.45, 2.75) is 37.8 Å². The van der Waals surface area contributed by atoms with Crippen LogP contribution in [0.25, 0.3) is 10.9 Å². The van der Waals surface area contributed by atoms with E-state index in [9.17, 15) is 28.2 Å². The van der Waals surface area contributed by atoms with Gasteiger partial charge in [-0.15, -0.1) is 0 Å². The Labute approximate surface area is 228 Å². The van der Waals surface area contributed by atoms with E-state index in [-0.39, 0.29) is 36.4 Å². The van der Waals surface area contributed by atoms with Gasteiger partial charge >= 0.3 is 6.18 Å². The maximum absolute atomic E-state index is 13.7. The van der Waals surface area contributed by atoms with E-state index in [1.54, 1.807) is 60.0 Å². The highest BCUT2D eigenvalue weighted by Gasteiger charge is 2.41. The number of piperazine rings is 1. The Morgan fingerprint density at radius 2 is 1.67 bits per heavy atom. The monoisotopic (exact) mass is 563 g/mol. The minimum Gasteiger partial charge on any atom is -0.390 e. The molecule has 2 aliphatic heterocycles. The first-order chi connectivity index (χ1) is 18.3. The molecule has 2 atom stereocenters. The normalized spacial score (nSPS) is 21.1. The summed E-state index contributed by atoms with van der Waals surface area (Å²) in [5, 5.41) is 22.3. The van der Waals surface area contributed by atoms with Crippen molar-refractivity contribution < 1.29 is 28.2 Å². The molecule has 3 heterocycles. The number of fused-ring (bicyclic) bond motifs is 1. The van der Waals surface area contributed by atoms with Crippen molar-refractivity contribution in [3.05, 3.63) is 64.4 Å². The van der Waals surface area contributed by atoms with Crippen molar-refractivity contribution in [3.63, 3.8) is 0 Å². The first-order valence-corrected chi connectivity index (χ1v) is 13.0. The van der Waals surface area contributed by atoms with Crippen LogP contribution >= 0.6 is 11.6 Å². The number of hydrogen-bond acceptors (Lipinski definition) is 7. The first kappa shape index (κ1) is 27.6. The standard InChI is InChI=1S/C27H29ClF3N5O3/c1-26(2,39)17-5-8-20-19(13-17)23(33-25(32-20)27(29,30)31)36-14-21(22(37)15-36)34-9-11-35(12-10-34)24(38)16-3-6-18(28)7-4-16/h3-8,13,21-22,37,39H,9-12,14-15H2,1-2H3/t21-,22-/m1/s1. The van der Waals surface area contributed by atoms with Crippen molar-refractivity contribution in [2.24, 2.45) is 0 Å². The lowest BCUT2D eigenvalue weighted by Gasteiger charge is -2.38. The van der Waals surface area contributed by atoms with Gasteiger partial charge in [-0.3, -0.25) is 9.69 Å². The van der Waals surface area contributed by atoms with Crippen molar-refractivity contribution in [1.29, 1.82) is 0 Å². The number of carbonyl (C=O) groups is 1. The molecule has 39 heavy (non-hydrogen) atoms. The number of benzene rings is 2. The van der Waals surface area contributed by atoms with Gasteiger partial charge in [-0.25, -0.2) is 9.97 Å². The van der Waals surface area contributed by atoms with Crippen molar-refractivity contribution >= 4 is 34.2 Å². The van der Waals surface area contributed by atoms with Crippen molar-refractivity contribution in [3.8, 4) is 0 Å². The van der Waals surface area contributed by atoms with Crippen LogP contribution in [0.2, 0.25) is 5.02 Å². The maximum Gasteiger partial charge on any atom is 0.451 e. The van der Waals surface area contributed by atoms with E-state index < -0.39 is 23.7 Å². The van der Waals surface area contributed by atoms with Gasteiger partial charge in [-0.05, 0) is 55.8 Å². The van der Waals surface area contributed by atoms with E-state index in [1.807, 2.05) is 0 Å². The van der Waals surface area contributed by atoms with Gasteiger partial charge in [0.2, 0.25) is 5.82 Å². The third kappa shape index (κ3) is 5.67. The summed E-state index contributed by atoms with van der Waals surface area (Å²) < 4.78 is 41.0. The molecule has 2 N–H and O–H groups in total. The zero-order chi connectivity index (χ0) is 28.1. The molecule has 0 spiro atoms. The highest BCUT2D eigenvalue weighted by Crippen LogP contribution is 2.35. The second-order valence-corrected chi connectivity index (χ2v) is 11.0. The number of aliphatic hydroxyl groups excluding tert-OH is 1. The fourth-order valence-electron chi connectivity index (χ4n) is 5.19. The molecular formula is C27H29ClF3N5O3. The summed E-state index contributed by atoms with van der Waals surface area (Å²) in [4.78, 5) is 25.9. The lowest BCUT2D eigenvalue weighted by Crippen LogP contribution is -2.54. The summed E-state index contributed by atoms with van der Waals surface area (Å²) >= 11 is 5.92. The van der Waals surface area contributed by atoms with E-state index in [1.165, 1.54) is 6.07 Å². The van der Waals surface area contributed by atoms with E-state index in [0.29, 0.717) is 47.7 Å². The summed E-state index contributed by atoms with van der Waals surface area (Å²) in [6.07, 6.45) is -5.58. The molecule has 2 aromatic carbocycles. The minimum absolute atomic E-state index is 0.0662. The predicted octanol–water partition coefficient (Wildman–Crippen LogP) is 3.54. The summed E-state index contributed by atoms with van der Waals surface area (Å²) in [5.74, 6) is -1.29. The maximum atomic E-state index is 13.7. The van der Waals surface area contributed by atoms with Crippen LogP contribution in [-0.2, 0) is 11.8 Å². The Morgan fingerprint density at radius 1 is 1.00 bits per heavy atom. The van der Waals surface area contributed by atoms with Gasteiger partial charge in [0.1, 0.15) is 5.82 Å². The average Bonchev–Trinajstić information content (AvgIpc) is 3.28. The number of nitrogens with zero attached hydrogens (tertiary/aromatic N) is 5. The largest absolute Gasteiger partial charge is 0.451 e.